The second-order valence-electron chi connectivity index (χ2n) is 10.7. The first-order valence-electron chi connectivity index (χ1n) is 14.1. The molecular formula is C27H61PSi. The number of unbranched alkanes of at least 4 members (excludes halogenated alkanes) is 15. The molecule has 0 saturated heterocycles. The molecule has 0 fully saturated rings. The van der Waals surface area contributed by atoms with Crippen LogP contribution < -0.4 is 0 Å². The van der Waals surface area contributed by atoms with E-state index < -0.39 is 16.1 Å². The molecule has 0 aliphatic rings. The van der Waals surface area contributed by atoms with Gasteiger partial charge >= 0.3 is 190 Å². The minimum absolute atomic E-state index is 0.444. The third-order valence-electron chi connectivity index (χ3n) is 7.02. The van der Waals surface area contributed by atoms with Gasteiger partial charge in [-0.25, -0.2) is 0 Å². The molecule has 0 unspecified atom stereocenters. The van der Waals surface area contributed by atoms with Crippen LogP contribution in [0.25, 0.3) is 0 Å². The minimum atomic E-state index is -1.00. The number of rotatable bonds is 23. The van der Waals surface area contributed by atoms with E-state index in [1.165, 1.54) is 96.3 Å². The van der Waals surface area contributed by atoms with Crippen molar-refractivity contribution in [2.45, 2.75) is 149 Å². The van der Waals surface area contributed by atoms with E-state index in [0.717, 1.165) is 0 Å². The van der Waals surface area contributed by atoms with E-state index >= 15 is 0 Å². The van der Waals surface area contributed by atoms with E-state index in [-0.39, 0.29) is 0 Å². The predicted octanol–water partition coefficient (Wildman–Crippen LogP) is 9.84. The van der Waals surface area contributed by atoms with Crippen LogP contribution >= 0.6 is 7.26 Å². The number of hydrogen-bond donors (Lipinski definition) is 0. The topological polar surface area (TPSA) is 0 Å². The first-order valence-corrected chi connectivity index (χ1v) is 20.1. The first kappa shape index (κ1) is 29.6. The zero-order chi connectivity index (χ0) is 21.6. The Hall–Kier alpha value is 0.647. The van der Waals surface area contributed by atoms with Crippen molar-refractivity contribution in [3.8, 4) is 0 Å². The molecule has 29 heavy (non-hydrogen) atoms. The molecule has 0 radical (unpaired) electrons. The van der Waals surface area contributed by atoms with E-state index in [0.29, 0.717) is 0 Å². The summed E-state index contributed by atoms with van der Waals surface area (Å²) in [6.45, 7) is 12.3. The Kier molecular flexibility index (Phi) is 22.4. The molecule has 0 heterocycles. The van der Waals surface area contributed by atoms with Crippen LogP contribution in [0.1, 0.15) is 136 Å². The molecular weight excluding hydrogens is 383 g/mol. The fraction of sp³-hybridized carbons (Fsp3) is 1.00. The van der Waals surface area contributed by atoms with Gasteiger partial charge in [-0.05, 0) is 0 Å². The van der Waals surface area contributed by atoms with Gasteiger partial charge in [0.1, 0.15) is 0 Å². The van der Waals surface area contributed by atoms with Crippen LogP contribution in [0, 0.1) is 0 Å². The van der Waals surface area contributed by atoms with Crippen LogP contribution in [-0.4, -0.2) is 33.1 Å². The summed E-state index contributed by atoms with van der Waals surface area (Å²) < 4.78 is 0. The van der Waals surface area contributed by atoms with Crippen LogP contribution in [0.15, 0.2) is 0 Å². The van der Waals surface area contributed by atoms with Crippen molar-refractivity contribution in [3.05, 3.63) is 0 Å². The van der Waals surface area contributed by atoms with Gasteiger partial charge in [0.15, 0.2) is 0 Å². The molecule has 0 aliphatic carbocycles. The third-order valence-corrected chi connectivity index (χ3v) is 18.0. The summed E-state index contributed by atoms with van der Waals surface area (Å²) in [4.78, 5) is 0. The molecule has 2 heteroatoms. The molecule has 0 bridgehead atoms. The molecule has 0 nitrogen and oxygen atoms in total. The molecule has 0 atom stereocenters. The second kappa shape index (κ2) is 21.9. The SMILES string of the molecule is CCCCCCCC[PH](CCCCCCCC)(CCCCCCCC)C[SiH](C)C. The van der Waals surface area contributed by atoms with Gasteiger partial charge in [0.2, 0.25) is 0 Å². The van der Waals surface area contributed by atoms with Gasteiger partial charge in [-0.1, -0.05) is 0 Å². The van der Waals surface area contributed by atoms with Crippen LogP contribution in [-0.2, 0) is 0 Å². The summed E-state index contributed by atoms with van der Waals surface area (Å²) in [6.07, 6.45) is 31.9. The molecule has 0 N–H and O–H groups in total. The van der Waals surface area contributed by atoms with E-state index in [4.69, 9.17) is 0 Å². The normalized spacial score (nSPS) is 12.8. The Bertz CT molecular complexity index is 275. The van der Waals surface area contributed by atoms with Crippen molar-refractivity contribution in [1.29, 1.82) is 0 Å². The maximum atomic E-state index is 2.64. The van der Waals surface area contributed by atoms with Crippen molar-refractivity contribution < 1.29 is 0 Å². The van der Waals surface area contributed by atoms with Crippen molar-refractivity contribution in [1.82, 2.24) is 0 Å². The average molecular weight is 445 g/mol. The Morgan fingerprint density at radius 1 is 0.414 bits per heavy atom. The van der Waals surface area contributed by atoms with Gasteiger partial charge in [0.25, 0.3) is 0 Å². The monoisotopic (exact) mass is 444 g/mol. The van der Waals surface area contributed by atoms with E-state index in [2.05, 4.69) is 33.9 Å². The average Bonchev–Trinajstić information content (AvgIpc) is 2.69. The molecule has 0 aliphatic heterocycles. The zero-order valence-corrected chi connectivity index (χ0v) is 23.8. The van der Waals surface area contributed by atoms with E-state index in [1.54, 1.807) is 43.5 Å². The molecule has 0 aromatic heterocycles. The fourth-order valence-corrected chi connectivity index (χ4v) is 18.5. The van der Waals surface area contributed by atoms with Gasteiger partial charge in [0, 0.05) is 0 Å². The summed E-state index contributed by atoms with van der Waals surface area (Å²) in [5, 5.41) is 0. The van der Waals surface area contributed by atoms with Crippen molar-refractivity contribution in [2.24, 2.45) is 0 Å². The molecule has 0 rings (SSSR count). The molecule has 0 spiro atoms. The van der Waals surface area contributed by atoms with Crippen molar-refractivity contribution in [3.63, 3.8) is 0 Å². The predicted molar refractivity (Wildman–Crippen MR) is 147 cm³/mol. The van der Waals surface area contributed by atoms with E-state index in [1.807, 2.05) is 0 Å². The van der Waals surface area contributed by atoms with Gasteiger partial charge in [-0.2, -0.15) is 0 Å². The third kappa shape index (κ3) is 19.1. The van der Waals surface area contributed by atoms with E-state index in [9.17, 15) is 0 Å². The maximum absolute atomic E-state index is 2.64. The molecule has 0 aromatic carbocycles. The Morgan fingerprint density at radius 3 is 0.966 bits per heavy atom. The van der Waals surface area contributed by atoms with Crippen molar-refractivity contribution >= 4 is 16.1 Å². The molecule has 0 saturated carbocycles. The summed E-state index contributed by atoms with van der Waals surface area (Å²) in [5.74, 6) is 1.76. The van der Waals surface area contributed by atoms with Crippen molar-refractivity contribution in [2.75, 3.05) is 24.3 Å². The fourth-order valence-electron chi connectivity index (χ4n) is 5.39. The van der Waals surface area contributed by atoms with Gasteiger partial charge in [-0.3, -0.25) is 0 Å². The van der Waals surface area contributed by atoms with Crippen LogP contribution in [0.5, 0.6) is 0 Å². The molecule has 0 aromatic rings. The summed E-state index contributed by atoms with van der Waals surface area (Å²) in [6, 6.07) is 0. The Morgan fingerprint density at radius 2 is 0.690 bits per heavy atom. The summed E-state index contributed by atoms with van der Waals surface area (Å²) in [7, 11) is -1.45. The van der Waals surface area contributed by atoms with Gasteiger partial charge in [0.05, 0.1) is 0 Å². The quantitative estimate of drug-likeness (QED) is 0.0835. The van der Waals surface area contributed by atoms with Crippen LogP contribution in [0.2, 0.25) is 13.1 Å². The zero-order valence-electron chi connectivity index (χ0n) is 21.6. The first-order chi connectivity index (χ1) is 14.1. The molecule has 0 amide bonds. The van der Waals surface area contributed by atoms with Crippen LogP contribution in [0.4, 0.5) is 0 Å². The standard InChI is InChI=1S/C27H61PSi/c1-6-9-12-15-18-21-24-28(27-29(4)5,25-22-19-16-13-10-7-2)26-23-20-17-14-11-8-3/h28-29H,6-27H2,1-5H3. The molecule has 178 valence electrons. The van der Waals surface area contributed by atoms with Gasteiger partial charge < -0.3 is 0 Å². The van der Waals surface area contributed by atoms with Crippen LogP contribution in [0.3, 0.4) is 0 Å². The Balaban J connectivity index is 4.57. The number of hydrogen-bond acceptors (Lipinski definition) is 0. The van der Waals surface area contributed by atoms with Gasteiger partial charge in [-0.15, -0.1) is 0 Å². The summed E-state index contributed by atoms with van der Waals surface area (Å²) >= 11 is 0. The summed E-state index contributed by atoms with van der Waals surface area (Å²) in [5.41, 5.74) is 0. The Labute approximate surface area is 189 Å². The second-order valence-corrected chi connectivity index (χ2v) is 19.6.